The van der Waals surface area contributed by atoms with Crippen LogP contribution in [0.15, 0.2) is 0 Å². The maximum Gasteiger partial charge on any atom is 0.239 e. The smallest absolute Gasteiger partial charge is 0.239 e. The van der Waals surface area contributed by atoms with Gasteiger partial charge in [0, 0.05) is 0 Å². The molecule has 0 N–H and O–H groups in total. The highest BCUT2D eigenvalue weighted by Gasteiger charge is 1.44. The van der Waals surface area contributed by atoms with E-state index in [2.05, 4.69) is 24.1 Å². The Bertz CT molecular complexity index is 20.0. The Labute approximate surface area is 30.6 Å². The van der Waals surface area contributed by atoms with Gasteiger partial charge in [0.15, 0.2) is 0 Å². The molecule has 1 nitrogen and oxygen atoms in total. The van der Waals surface area contributed by atoms with Crippen LogP contribution in [0, 0.1) is 7.11 Å². The summed E-state index contributed by atoms with van der Waals surface area (Å²) < 4.78 is 3.86. The molecule has 0 saturated heterocycles. The summed E-state index contributed by atoms with van der Waals surface area (Å²) in [7, 11) is 2.89. The zero-order valence-electron chi connectivity index (χ0n) is 2.02. The minimum Gasteiger partial charge on any atom is -0.476 e. The first-order valence-corrected chi connectivity index (χ1v) is 1.11. The zero-order chi connectivity index (χ0) is 3.41. The molecule has 0 atom stereocenters. The van der Waals surface area contributed by atoms with Crippen LogP contribution in [0.2, 0.25) is 0 Å². The predicted octanol–water partition coefficient (Wildman–Crippen LogP) is 0.629. The first-order valence-electron chi connectivity index (χ1n) is 0.697. The van der Waals surface area contributed by atoms with Crippen molar-refractivity contribution in [3.05, 3.63) is 7.11 Å². The van der Waals surface area contributed by atoms with Gasteiger partial charge in [0.05, 0.1) is 0 Å². The van der Waals surface area contributed by atoms with Crippen LogP contribution in [0.5, 0.6) is 0 Å². The molecule has 0 aromatic heterocycles. The van der Waals surface area contributed by atoms with Gasteiger partial charge in [-0.25, -0.2) is 0 Å². The summed E-state index contributed by atoms with van der Waals surface area (Å²) in [6, 6.07) is 0. The topological polar surface area (TPSA) is 9.23 Å². The maximum atomic E-state index is 4.02. The summed E-state index contributed by atoms with van der Waals surface area (Å²) in [6.45, 7) is 0. The number of ether oxygens (including phenoxy) is 1. The fourth-order valence-electron chi connectivity index (χ4n) is 0. The monoisotopic (exact) mass is 74.0 g/mol. The molecule has 0 rings (SSSR count). The predicted molar refractivity (Wildman–Crippen MR) is 19.0 cm³/mol. The van der Waals surface area contributed by atoms with Gasteiger partial charge in [-0.05, 0) is 12.2 Å². The Morgan fingerprint density at radius 3 is 2.25 bits per heavy atom. The van der Waals surface area contributed by atoms with Gasteiger partial charge in [0.2, 0.25) is 5.55 Å². The van der Waals surface area contributed by atoms with Crippen molar-refractivity contribution in [2.75, 3.05) is 0 Å². The number of hydrogen-bond acceptors (Lipinski definition) is 2. The average Bonchev–Trinajstić information content (AvgIpc) is 1.37. The van der Waals surface area contributed by atoms with Crippen molar-refractivity contribution >= 4 is 17.8 Å². The molecule has 0 aliphatic heterocycles. The van der Waals surface area contributed by atoms with Crippen molar-refractivity contribution in [3.63, 3.8) is 0 Å². The Morgan fingerprint density at radius 1 is 2.00 bits per heavy atom. The van der Waals surface area contributed by atoms with Crippen LogP contribution in [-0.2, 0) is 4.74 Å². The second-order valence-corrected chi connectivity index (χ2v) is 0.394. The third-order valence-electron chi connectivity index (χ3n) is 0.0589. The van der Waals surface area contributed by atoms with E-state index in [1.807, 2.05) is 5.55 Å². The number of rotatable bonds is 1. The molecule has 0 aromatic rings. The summed E-state index contributed by atoms with van der Waals surface area (Å²) in [4.78, 5) is 0. The van der Waals surface area contributed by atoms with Crippen LogP contribution >= 0.6 is 12.2 Å². The molecule has 0 aromatic carbocycles. The molecule has 0 fully saturated rings. The third-order valence-corrected chi connectivity index (χ3v) is 0.177. The molecule has 0 spiro atoms. The minimum absolute atomic E-state index is 1.90. The Kier molecular flexibility index (Phi) is 2.81. The first kappa shape index (κ1) is 3.89. The molecule has 22 valence electrons. The molecule has 0 heterocycles. The first-order chi connectivity index (χ1) is 1.91. The van der Waals surface area contributed by atoms with E-state index in [1.165, 1.54) is 0 Å². The molecule has 2 radical (unpaired) electrons. The molecule has 4 heavy (non-hydrogen) atoms. The maximum absolute atomic E-state index is 4.02. The second kappa shape index (κ2) is 2.89. The van der Waals surface area contributed by atoms with Gasteiger partial charge in [-0.15, -0.1) is 0 Å². The van der Waals surface area contributed by atoms with Crippen molar-refractivity contribution in [1.29, 1.82) is 0 Å². The van der Waals surface area contributed by atoms with Crippen LogP contribution in [0.4, 0.5) is 0 Å². The van der Waals surface area contributed by atoms with Gasteiger partial charge in [0.1, 0.15) is 7.11 Å². The van der Waals surface area contributed by atoms with E-state index in [9.17, 15) is 0 Å². The molecule has 0 amide bonds. The molecule has 0 aliphatic carbocycles. The lowest BCUT2D eigenvalue weighted by molar-refractivity contribution is 0.496. The van der Waals surface area contributed by atoms with E-state index in [1.54, 1.807) is 0 Å². The highest BCUT2D eigenvalue weighted by molar-refractivity contribution is 7.78. The summed E-state index contributed by atoms with van der Waals surface area (Å²) in [6.07, 6.45) is 0. The van der Waals surface area contributed by atoms with Crippen molar-refractivity contribution in [2.24, 2.45) is 0 Å². The average molecular weight is 74.1 g/mol. The van der Waals surface area contributed by atoms with Crippen molar-refractivity contribution in [2.45, 2.75) is 0 Å². The van der Waals surface area contributed by atoms with Gasteiger partial charge in [-0.1, -0.05) is 0 Å². The lowest BCUT2D eigenvalue weighted by atomic mass is 11.5. The van der Waals surface area contributed by atoms with Crippen molar-refractivity contribution < 1.29 is 4.74 Å². The lowest BCUT2D eigenvalue weighted by Crippen LogP contribution is -1.59. The molecule has 0 saturated carbocycles. The van der Waals surface area contributed by atoms with Gasteiger partial charge < -0.3 is 4.74 Å². The quantitative estimate of drug-likeness (QED) is 0.422. The van der Waals surface area contributed by atoms with Crippen LogP contribution in [0.1, 0.15) is 0 Å². The van der Waals surface area contributed by atoms with Gasteiger partial charge in [-0.2, -0.15) is 0 Å². The van der Waals surface area contributed by atoms with E-state index in [-0.39, 0.29) is 0 Å². The van der Waals surface area contributed by atoms with Crippen LogP contribution in [0.3, 0.4) is 0 Å². The summed E-state index contributed by atoms with van der Waals surface area (Å²) in [5.74, 6) is 0. The van der Waals surface area contributed by atoms with E-state index in [4.69, 9.17) is 0 Å². The molecule has 0 unspecified atom stereocenters. The Hall–Kier alpha value is -0.110. The number of hydrogen-bond donors (Lipinski definition) is 0. The fraction of sp³-hybridized carbons (Fsp3) is 0. The highest BCUT2D eigenvalue weighted by atomic mass is 32.1. The fourth-order valence-corrected chi connectivity index (χ4v) is 0. The summed E-state index contributed by atoms with van der Waals surface area (Å²) in [5.41, 5.74) is 1.90. The van der Waals surface area contributed by atoms with Crippen molar-refractivity contribution in [3.8, 4) is 0 Å². The Balaban J connectivity index is 2.30. The van der Waals surface area contributed by atoms with Gasteiger partial charge >= 0.3 is 0 Å². The van der Waals surface area contributed by atoms with Gasteiger partial charge in [0.25, 0.3) is 0 Å². The van der Waals surface area contributed by atoms with Crippen LogP contribution in [0.25, 0.3) is 0 Å². The van der Waals surface area contributed by atoms with E-state index in [0.717, 1.165) is 0 Å². The normalized spacial score (nSPS) is 5.25. The second-order valence-electron chi connectivity index (χ2n) is 0.228. The largest absolute Gasteiger partial charge is 0.476 e. The zero-order valence-corrected chi connectivity index (χ0v) is 2.84. The SMILES string of the molecule is [CH2]O[C]=S. The third kappa shape index (κ3) is 1.89. The van der Waals surface area contributed by atoms with Crippen LogP contribution < -0.4 is 0 Å². The molecule has 0 bridgehead atoms. The molecule has 0 aliphatic rings. The number of thiocarbonyl (C=S) groups is 1. The molecular formula is C2H2OS. The standard InChI is InChI=1S/C2H2OS/c1-3-2-4/h1H2. The minimum atomic E-state index is 1.90. The van der Waals surface area contributed by atoms with Gasteiger partial charge in [-0.3, -0.25) is 0 Å². The van der Waals surface area contributed by atoms with E-state index >= 15 is 0 Å². The Morgan fingerprint density at radius 2 is 2.25 bits per heavy atom. The van der Waals surface area contributed by atoms with E-state index < -0.39 is 0 Å². The highest BCUT2D eigenvalue weighted by Crippen LogP contribution is 1.49. The van der Waals surface area contributed by atoms with Crippen molar-refractivity contribution in [1.82, 2.24) is 0 Å². The van der Waals surface area contributed by atoms with E-state index in [0.29, 0.717) is 0 Å². The molecule has 2 heteroatoms. The molecular weight excluding hydrogens is 72.1 g/mol. The van der Waals surface area contributed by atoms with Crippen LogP contribution in [-0.4, -0.2) is 5.55 Å². The summed E-state index contributed by atoms with van der Waals surface area (Å²) >= 11 is 4.02. The lowest BCUT2D eigenvalue weighted by Gasteiger charge is -1.66. The summed E-state index contributed by atoms with van der Waals surface area (Å²) in [5, 5.41) is 0.